The van der Waals surface area contributed by atoms with E-state index < -0.39 is 10.9 Å². The van der Waals surface area contributed by atoms with E-state index in [0.29, 0.717) is 0 Å². The number of hydrogen-bond donors (Lipinski definition) is 2. The molecule has 1 aromatic rings. The minimum Gasteiger partial charge on any atom is -0.478 e. The number of carboxylic acid groups (broad SMARTS) is 1. The summed E-state index contributed by atoms with van der Waals surface area (Å²) in [6, 6.07) is 0. The Kier molecular flexibility index (Phi) is 2.38. The fourth-order valence-electron chi connectivity index (χ4n) is 0.718. The Bertz CT molecular complexity index is 368. The zero-order chi connectivity index (χ0) is 9.84. The van der Waals surface area contributed by atoms with Gasteiger partial charge in [-0.25, -0.2) is 4.79 Å². The molecule has 1 aromatic heterocycles. The van der Waals surface area contributed by atoms with Crippen LogP contribution in [0.3, 0.4) is 0 Å². The molecule has 0 fully saturated rings. The van der Waals surface area contributed by atoms with E-state index >= 15 is 0 Å². The molecule has 0 aliphatic heterocycles. The summed E-state index contributed by atoms with van der Waals surface area (Å²) in [5, 5.41) is 24.1. The summed E-state index contributed by atoms with van der Waals surface area (Å²) in [7, 11) is 0. The molecule has 2 N–H and O–H groups in total. The van der Waals surface area contributed by atoms with Crippen molar-refractivity contribution in [2.75, 3.05) is 0 Å². The van der Waals surface area contributed by atoms with Gasteiger partial charge in [0.05, 0.1) is 11.8 Å². The van der Waals surface area contributed by atoms with Crippen molar-refractivity contribution < 1.29 is 14.8 Å². The molecule has 1 heterocycles. The van der Waals surface area contributed by atoms with Crippen molar-refractivity contribution in [2.24, 2.45) is 0 Å². The SMILES string of the molecule is O=C(O)C=Cc1cn[nH]c1[N+](=O)[O-]. The van der Waals surface area contributed by atoms with Crippen LogP contribution in [-0.4, -0.2) is 26.2 Å². The van der Waals surface area contributed by atoms with E-state index in [1.807, 2.05) is 0 Å². The zero-order valence-electron chi connectivity index (χ0n) is 6.30. The molecule has 0 unspecified atom stereocenters. The van der Waals surface area contributed by atoms with Crippen molar-refractivity contribution in [1.29, 1.82) is 0 Å². The minimum atomic E-state index is -1.17. The number of nitrogens with zero attached hydrogens (tertiary/aromatic N) is 2. The van der Waals surface area contributed by atoms with Crippen molar-refractivity contribution in [3.8, 4) is 0 Å². The number of carboxylic acids is 1. The number of aromatic nitrogens is 2. The molecule has 0 bridgehead atoms. The maximum absolute atomic E-state index is 10.3. The van der Waals surface area contributed by atoms with Crippen LogP contribution in [0.2, 0.25) is 0 Å². The number of rotatable bonds is 3. The number of nitro groups is 1. The fraction of sp³-hybridized carbons (Fsp3) is 0. The highest BCUT2D eigenvalue weighted by molar-refractivity contribution is 5.85. The first kappa shape index (κ1) is 8.91. The first-order valence-corrected chi connectivity index (χ1v) is 3.20. The van der Waals surface area contributed by atoms with E-state index in [9.17, 15) is 14.9 Å². The molecule has 0 aromatic carbocycles. The molecule has 0 saturated carbocycles. The van der Waals surface area contributed by atoms with Crippen LogP contribution in [0, 0.1) is 10.1 Å². The van der Waals surface area contributed by atoms with Crippen molar-refractivity contribution >= 4 is 17.9 Å². The number of aromatic amines is 1. The van der Waals surface area contributed by atoms with E-state index in [-0.39, 0.29) is 11.4 Å². The second-order valence-electron chi connectivity index (χ2n) is 2.10. The quantitative estimate of drug-likeness (QED) is 0.400. The van der Waals surface area contributed by atoms with Crippen LogP contribution in [0.25, 0.3) is 6.08 Å². The summed E-state index contributed by atoms with van der Waals surface area (Å²) in [6.07, 6.45) is 3.08. The molecule has 0 aliphatic rings. The van der Waals surface area contributed by atoms with E-state index in [2.05, 4.69) is 10.2 Å². The average molecular weight is 183 g/mol. The van der Waals surface area contributed by atoms with Crippen LogP contribution in [-0.2, 0) is 4.79 Å². The van der Waals surface area contributed by atoms with Gasteiger partial charge in [0.2, 0.25) is 0 Å². The summed E-state index contributed by atoms with van der Waals surface area (Å²) < 4.78 is 0. The highest BCUT2D eigenvalue weighted by Crippen LogP contribution is 2.14. The van der Waals surface area contributed by atoms with Gasteiger partial charge in [-0.3, -0.25) is 0 Å². The minimum absolute atomic E-state index is 0.132. The number of nitrogens with one attached hydrogen (secondary N) is 1. The molecule has 0 saturated heterocycles. The van der Waals surface area contributed by atoms with Gasteiger partial charge >= 0.3 is 11.8 Å². The van der Waals surface area contributed by atoms with Crippen LogP contribution >= 0.6 is 0 Å². The highest BCUT2D eigenvalue weighted by Gasteiger charge is 2.11. The third-order valence-electron chi connectivity index (χ3n) is 1.24. The van der Waals surface area contributed by atoms with Crippen molar-refractivity contribution in [1.82, 2.24) is 10.2 Å². The van der Waals surface area contributed by atoms with Gasteiger partial charge in [0.15, 0.2) is 0 Å². The lowest BCUT2D eigenvalue weighted by atomic mass is 10.3. The van der Waals surface area contributed by atoms with Gasteiger partial charge in [0.25, 0.3) is 0 Å². The normalized spacial score (nSPS) is 10.5. The molecule has 7 heteroatoms. The number of H-pyrrole nitrogens is 1. The second-order valence-corrected chi connectivity index (χ2v) is 2.10. The largest absolute Gasteiger partial charge is 0.478 e. The lowest BCUT2D eigenvalue weighted by molar-refractivity contribution is -0.389. The van der Waals surface area contributed by atoms with Crippen molar-refractivity contribution in [3.63, 3.8) is 0 Å². The van der Waals surface area contributed by atoms with Crippen LogP contribution in [0.1, 0.15) is 5.56 Å². The van der Waals surface area contributed by atoms with Gasteiger partial charge in [-0.1, -0.05) is 5.10 Å². The molecule has 0 aliphatic carbocycles. The first-order chi connectivity index (χ1) is 6.11. The standard InChI is InChI=1S/C6H5N3O4/c10-5(11)2-1-4-3-7-8-6(4)9(12)13/h1-3H,(H,7,8)(H,10,11). The Morgan fingerprint density at radius 1 is 1.77 bits per heavy atom. The van der Waals surface area contributed by atoms with E-state index in [4.69, 9.17) is 5.11 Å². The van der Waals surface area contributed by atoms with E-state index in [1.165, 1.54) is 6.20 Å². The van der Waals surface area contributed by atoms with Crippen LogP contribution in [0.5, 0.6) is 0 Å². The molecule has 1 rings (SSSR count). The van der Waals surface area contributed by atoms with Gasteiger partial charge in [0, 0.05) is 6.08 Å². The Morgan fingerprint density at radius 2 is 2.46 bits per heavy atom. The summed E-state index contributed by atoms with van der Waals surface area (Å²) in [5.74, 6) is -1.49. The molecule has 0 atom stereocenters. The Labute approximate surface area is 71.8 Å². The molecule has 0 spiro atoms. The summed E-state index contributed by atoms with van der Waals surface area (Å²) >= 11 is 0. The number of aliphatic carboxylic acids is 1. The zero-order valence-corrected chi connectivity index (χ0v) is 6.30. The van der Waals surface area contributed by atoms with Gasteiger partial charge in [0.1, 0.15) is 0 Å². The molecular formula is C6H5N3O4. The predicted octanol–water partition coefficient (Wildman–Crippen LogP) is 0.416. The molecule has 0 radical (unpaired) electrons. The average Bonchev–Trinajstić information content (AvgIpc) is 2.47. The third-order valence-corrected chi connectivity index (χ3v) is 1.24. The monoisotopic (exact) mass is 183 g/mol. The van der Waals surface area contributed by atoms with Crippen LogP contribution in [0.15, 0.2) is 12.3 Å². The van der Waals surface area contributed by atoms with Crippen molar-refractivity contribution in [2.45, 2.75) is 0 Å². The van der Waals surface area contributed by atoms with Gasteiger partial charge in [-0.05, 0) is 11.0 Å². The van der Waals surface area contributed by atoms with E-state index in [1.54, 1.807) is 0 Å². The summed E-state index contributed by atoms with van der Waals surface area (Å²) in [6.45, 7) is 0. The maximum atomic E-state index is 10.3. The van der Waals surface area contributed by atoms with Crippen molar-refractivity contribution in [3.05, 3.63) is 28.0 Å². The predicted molar refractivity (Wildman–Crippen MR) is 41.9 cm³/mol. The fourth-order valence-corrected chi connectivity index (χ4v) is 0.718. The molecule has 7 nitrogen and oxygen atoms in total. The lowest BCUT2D eigenvalue weighted by Gasteiger charge is -1.89. The lowest BCUT2D eigenvalue weighted by Crippen LogP contribution is -1.91. The van der Waals surface area contributed by atoms with Gasteiger partial charge < -0.3 is 15.2 Å². The Morgan fingerprint density at radius 3 is 3.00 bits per heavy atom. The Hall–Kier alpha value is -2.18. The number of hydrogen-bond acceptors (Lipinski definition) is 4. The van der Waals surface area contributed by atoms with Gasteiger partial charge in [-0.2, -0.15) is 0 Å². The first-order valence-electron chi connectivity index (χ1n) is 3.20. The second kappa shape index (κ2) is 3.48. The highest BCUT2D eigenvalue weighted by atomic mass is 16.6. The molecular weight excluding hydrogens is 178 g/mol. The summed E-state index contributed by atoms with van der Waals surface area (Å²) in [5.41, 5.74) is 0.132. The molecule has 0 amide bonds. The number of carbonyl (C=O) groups is 1. The smallest absolute Gasteiger partial charge is 0.349 e. The van der Waals surface area contributed by atoms with Crippen LogP contribution < -0.4 is 0 Å². The van der Waals surface area contributed by atoms with Gasteiger partial charge in [-0.15, -0.1) is 5.10 Å². The Balaban J connectivity index is 2.95. The van der Waals surface area contributed by atoms with E-state index in [0.717, 1.165) is 12.2 Å². The molecule has 68 valence electrons. The maximum Gasteiger partial charge on any atom is 0.349 e. The summed E-state index contributed by atoms with van der Waals surface area (Å²) in [4.78, 5) is 19.7. The third kappa shape index (κ3) is 2.12. The molecule has 13 heavy (non-hydrogen) atoms. The van der Waals surface area contributed by atoms with Crippen LogP contribution in [0.4, 0.5) is 5.82 Å². The topological polar surface area (TPSA) is 109 Å².